The summed E-state index contributed by atoms with van der Waals surface area (Å²) in [6.07, 6.45) is 3.07. The number of aromatic nitrogens is 2. The number of nitrogens with two attached hydrogens (primary N) is 1. The third kappa shape index (κ3) is 19.1. The number of aromatic amines is 1. The Kier molecular flexibility index (Phi) is 22.8. The van der Waals surface area contributed by atoms with Crippen molar-refractivity contribution in [1.29, 1.82) is 0 Å². The number of carboxylic acid groups (broad SMARTS) is 2. The zero-order valence-corrected chi connectivity index (χ0v) is 38.6. The first-order valence-corrected chi connectivity index (χ1v) is 23.0. The van der Waals surface area contributed by atoms with Gasteiger partial charge in [0.1, 0.15) is 47.8 Å². The molecule has 0 radical (unpaired) electrons. The largest absolute Gasteiger partial charge is 0.508 e. The second-order valence-electron chi connectivity index (χ2n) is 14.9. The number of H-pyrrole nitrogens is 1. The fourth-order valence-corrected chi connectivity index (χ4v) is 7.03. The number of hydrogen-bond acceptors (Lipinski definition) is 16. The summed E-state index contributed by atoms with van der Waals surface area (Å²) in [6, 6.07) is 1.61. The maximum absolute atomic E-state index is 13.9. The number of aromatic hydroxyl groups is 2. The number of hydrogen-bond donors (Lipinski definition) is 15. The van der Waals surface area contributed by atoms with Crippen LogP contribution in [0.2, 0.25) is 0 Å². The third-order valence-electron chi connectivity index (χ3n) is 9.66. The summed E-state index contributed by atoms with van der Waals surface area (Å²) in [7, 11) is 0. The molecule has 23 nitrogen and oxygen atoms in total. The first-order valence-electron chi connectivity index (χ1n) is 20.4. The number of phenols is 2. The maximum Gasteiger partial charge on any atom is 0.327 e. The number of carboxylic acids is 2. The van der Waals surface area contributed by atoms with Crippen molar-refractivity contribution in [3.63, 3.8) is 0 Å². The van der Waals surface area contributed by atoms with Crippen LogP contribution in [0.1, 0.15) is 29.7 Å². The molecule has 26 heteroatoms. The SMILES string of the molecule is CSCC[C@H](NC(=O)[C@H](Cc1ccc(O)cc1)NC(=O)[C@H](CS)NC(=O)[C@H](Cc1cnc[nH]1)NC(=O)[C@H](CC(=O)O)NC(=O)CNC(=O)[C@H](N)Cc1ccc(O)cc1)C(=O)N[C@@H](CS)C(=O)O. The minimum Gasteiger partial charge on any atom is -0.508 e. The van der Waals surface area contributed by atoms with E-state index in [1.807, 2.05) is 0 Å². The molecule has 0 saturated heterocycles. The first kappa shape index (κ1) is 54.8. The predicted molar refractivity (Wildman–Crippen MR) is 249 cm³/mol. The number of carbonyl (C=O) groups excluding carboxylic acids is 7. The molecule has 1 heterocycles. The molecule has 364 valence electrons. The monoisotopic (exact) mass is 990 g/mol. The molecule has 7 amide bonds. The highest BCUT2D eigenvalue weighted by Crippen LogP contribution is 2.14. The number of imidazole rings is 1. The normalized spacial score (nSPS) is 14.0. The van der Waals surface area contributed by atoms with E-state index in [2.05, 4.69) is 72.4 Å². The van der Waals surface area contributed by atoms with Gasteiger partial charge in [-0.3, -0.25) is 38.4 Å². The lowest BCUT2D eigenvalue weighted by atomic mass is 10.0. The standard InChI is InChI=1S/C41H54N10O13S3/c1-67-11-10-27(36(58)51-32(19-66)41(63)64)47-37(59)28(13-22-4-8-25(53)9-5-22)48-40(62)31(18-65)50-38(60)29(14-23-16-43-20-45-23)49-39(61)30(15-34(55)56)46-33(54)17-44-35(57)26(42)12-21-2-6-24(52)7-3-21/h2-9,16,20,26-32,52-53,65-66H,10-15,17-19,42H2,1H3,(H,43,45)(H,44,57)(H,46,54)(H,47,59)(H,48,62)(H,49,61)(H,50,60)(H,51,58)(H,55,56)(H,63,64)/t26-,27+,28+,29+,30+,31+,32+/m1/s1. The van der Waals surface area contributed by atoms with Crippen LogP contribution in [-0.4, -0.2) is 156 Å². The van der Waals surface area contributed by atoms with Gasteiger partial charge in [-0.25, -0.2) is 9.78 Å². The van der Waals surface area contributed by atoms with Crippen LogP contribution >= 0.6 is 37.0 Å². The van der Waals surface area contributed by atoms with E-state index in [-0.39, 0.29) is 48.7 Å². The molecular weight excluding hydrogens is 937 g/mol. The molecule has 0 spiro atoms. The second kappa shape index (κ2) is 27.8. The molecule has 0 fully saturated rings. The molecule has 2 aromatic carbocycles. The average Bonchev–Trinajstić information content (AvgIpc) is 3.81. The molecule has 14 N–H and O–H groups in total. The second-order valence-corrected chi connectivity index (χ2v) is 16.6. The van der Waals surface area contributed by atoms with Gasteiger partial charge in [0.15, 0.2) is 0 Å². The number of amides is 7. The van der Waals surface area contributed by atoms with Crippen molar-refractivity contribution >= 4 is 90.3 Å². The number of nitrogens with one attached hydrogen (secondary N) is 8. The molecule has 7 atom stereocenters. The summed E-state index contributed by atoms with van der Waals surface area (Å²) in [4.78, 5) is 124. The fourth-order valence-electron chi connectivity index (χ4n) is 6.05. The van der Waals surface area contributed by atoms with Gasteiger partial charge < -0.3 is 68.4 Å². The lowest BCUT2D eigenvalue weighted by Crippen LogP contribution is -2.60. The molecule has 0 aliphatic heterocycles. The van der Waals surface area contributed by atoms with Gasteiger partial charge in [0.25, 0.3) is 0 Å². The quantitative estimate of drug-likeness (QED) is 0.0331. The number of thiol groups is 2. The summed E-state index contributed by atoms with van der Waals surface area (Å²) < 4.78 is 0. The number of aliphatic carboxylic acids is 2. The minimum atomic E-state index is -1.78. The highest BCUT2D eigenvalue weighted by molar-refractivity contribution is 7.98. The van der Waals surface area contributed by atoms with Crippen molar-refractivity contribution in [3.05, 3.63) is 77.9 Å². The van der Waals surface area contributed by atoms with E-state index >= 15 is 0 Å². The highest BCUT2D eigenvalue weighted by Gasteiger charge is 2.34. The molecule has 67 heavy (non-hydrogen) atoms. The molecule has 0 bridgehead atoms. The third-order valence-corrected chi connectivity index (χ3v) is 11.0. The Bertz CT molecular complexity index is 2170. The summed E-state index contributed by atoms with van der Waals surface area (Å²) in [5.41, 5.74) is 7.34. The summed E-state index contributed by atoms with van der Waals surface area (Å²) >= 11 is 9.55. The number of nitrogens with zero attached hydrogens (tertiary/aromatic N) is 1. The van der Waals surface area contributed by atoms with Gasteiger partial charge in [0.2, 0.25) is 41.4 Å². The Balaban J connectivity index is 1.78. The van der Waals surface area contributed by atoms with E-state index in [0.29, 0.717) is 22.6 Å². The Hall–Kier alpha value is -6.51. The Morgan fingerprint density at radius 3 is 1.63 bits per heavy atom. The van der Waals surface area contributed by atoms with Crippen molar-refractivity contribution < 1.29 is 63.6 Å². The lowest BCUT2D eigenvalue weighted by Gasteiger charge is -2.27. The van der Waals surface area contributed by atoms with Gasteiger partial charge >= 0.3 is 11.9 Å². The van der Waals surface area contributed by atoms with Crippen LogP contribution < -0.4 is 43.0 Å². The number of benzene rings is 2. The van der Waals surface area contributed by atoms with Crippen LogP contribution in [0.25, 0.3) is 0 Å². The number of thioether (sulfide) groups is 1. The molecule has 0 unspecified atom stereocenters. The Morgan fingerprint density at radius 1 is 0.642 bits per heavy atom. The van der Waals surface area contributed by atoms with E-state index in [0.717, 1.165) is 0 Å². The smallest absolute Gasteiger partial charge is 0.327 e. The van der Waals surface area contributed by atoms with Gasteiger partial charge in [0.05, 0.1) is 25.3 Å². The van der Waals surface area contributed by atoms with E-state index < -0.39 is 109 Å². The van der Waals surface area contributed by atoms with Gasteiger partial charge in [-0.2, -0.15) is 37.0 Å². The fraction of sp³-hybridized carbons (Fsp3) is 0.415. The topological polar surface area (TPSA) is 373 Å². The van der Waals surface area contributed by atoms with E-state index in [4.69, 9.17) is 5.73 Å². The first-order chi connectivity index (χ1) is 31.8. The van der Waals surface area contributed by atoms with Gasteiger partial charge in [-0.1, -0.05) is 24.3 Å². The number of rotatable bonds is 28. The number of phenolic OH excluding ortho intramolecular Hbond substituents is 2. The van der Waals surface area contributed by atoms with Crippen molar-refractivity contribution in [2.75, 3.05) is 30.1 Å². The molecular formula is C41H54N10O13S3. The van der Waals surface area contributed by atoms with Crippen LogP contribution in [0.5, 0.6) is 11.5 Å². The minimum absolute atomic E-state index is 0.00919. The highest BCUT2D eigenvalue weighted by atomic mass is 32.2. The lowest BCUT2D eigenvalue weighted by molar-refractivity contribution is -0.141. The van der Waals surface area contributed by atoms with Gasteiger partial charge in [-0.05, 0) is 60.2 Å². The van der Waals surface area contributed by atoms with Crippen LogP contribution in [0.15, 0.2) is 61.1 Å². The molecule has 0 aliphatic rings. The predicted octanol–water partition coefficient (Wildman–Crippen LogP) is -2.63. The van der Waals surface area contributed by atoms with E-state index in [1.54, 1.807) is 18.4 Å². The average molecular weight is 991 g/mol. The maximum atomic E-state index is 13.9. The van der Waals surface area contributed by atoms with Crippen LogP contribution in [0, 0.1) is 0 Å². The molecule has 1 aromatic heterocycles. The van der Waals surface area contributed by atoms with Crippen molar-refractivity contribution in [1.82, 2.24) is 47.2 Å². The van der Waals surface area contributed by atoms with Gasteiger partial charge in [-0.15, -0.1) is 0 Å². The Labute approximate surface area is 399 Å². The zero-order chi connectivity index (χ0) is 49.6. The van der Waals surface area contributed by atoms with Crippen LogP contribution in [0.4, 0.5) is 0 Å². The molecule has 0 aliphatic carbocycles. The summed E-state index contributed by atoms with van der Waals surface area (Å²) in [5, 5.41) is 55.2. The van der Waals surface area contributed by atoms with Crippen molar-refractivity contribution in [2.45, 2.75) is 74.4 Å². The molecule has 0 saturated carbocycles. The Morgan fingerprint density at radius 2 is 1.12 bits per heavy atom. The van der Waals surface area contributed by atoms with Crippen LogP contribution in [-0.2, 0) is 62.4 Å². The van der Waals surface area contributed by atoms with Crippen LogP contribution in [0.3, 0.4) is 0 Å². The van der Waals surface area contributed by atoms with Crippen molar-refractivity contribution in [2.24, 2.45) is 5.73 Å². The molecule has 3 aromatic rings. The van der Waals surface area contributed by atoms with Gasteiger partial charge in [0, 0.05) is 36.2 Å². The summed E-state index contributed by atoms with van der Waals surface area (Å²) in [6.45, 7) is -0.707. The van der Waals surface area contributed by atoms with E-state index in [9.17, 15) is 63.6 Å². The molecule has 3 rings (SSSR count). The van der Waals surface area contributed by atoms with Crippen molar-refractivity contribution in [3.8, 4) is 11.5 Å². The summed E-state index contributed by atoms with van der Waals surface area (Å²) in [5.74, 6) is -9.63. The zero-order valence-electron chi connectivity index (χ0n) is 36.0. The number of carbonyl (C=O) groups is 9. The van der Waals surface area contributed by atoms with E-state index in [1.165, 1.54) is 60.7 Å².